The van der Waals surface area contributed by atoms with Crippen LogP contribution in [0.5, 0.6) is 0 Å². The van der Waals surface area contributed by atoms with Crippen molar-refractivity contribution >= 4 is 11.6 Å². The molecule has 1 aromatic carbocycles. The second-order valence-electron chi connectivity index (χ2n) is 4.62. The molecule has 2 aromatic rings. The predicted molar refractivity (Wildman–Crippen MR) is 72.8 cm³/mol. The average molecular weight is 259 g/mol. The molecule has 3 N–H and O–H groups in total. The van der Waals surface area contributed by atoms with Crippen molar-refractivity contribution < 1.29 is 4.79 Å². The van der Waals surface area contributed by atoms with Gasteiger partial charge in [0.05, 0.1) is 17.4 Å². The molecular formula is C13H17N5O. The molecule has 0 aliphatic heterocycles. The lowest BCUT2D eigenvalue weighted by Gasteiger charge is -2.17. The standard InChI is InChI=1S/C13H17N5O/c1-9(2)12(14)13(19)17-10-5-3-4-6-11(10)18-8-15-7-16-18/h3-9,12H,14H2,1-2H3,(H,17,19)/t12-/m0/s1. The number of amides is 1. The van der Waals surface area contributed by atoms with Gasteiger partial charge in [-0.25, -0.2) is 9.67 Å². The first kappa shape index (κ1) is 13.2. The molecule has 19 heavy (non-hydrogen) atoms. The largest absolute Gasteiger partial charge is 0.323 e. The number of nitrogens with zero attached hydrogens (tertiary/aromatic N) is 3. The van der Waals surface area contributed by atoms with Crippen molar-refractivity contribution in [3.05, 3.63) is 36.9 Å². The summed E-state index contributed by atoms with van der Waals surface area (Å²) in [5.41, 5.74) is 7.24. The lowest BCUT2D eigenvalue weighted by Crippen LogP contribution is -2.39. The van der Waals surface area contributed by atoms with E-state index in [1.54, 1.807) is 11.0 Å². The van der Waals surface area contributed by atoms with Crippen molar-refractivity contribution in [3.8, 4) is 5.69 Å². The summed E-state index contributed by atoms with van der Waals surface area (Å²) in [6.45, 7) is 3.82. The lowest BCUT2D eigenvalue weighted by atomic mass is 10.0. The zero-order chi connectivity index (χ0) is 13.8. The fourth-order valence-electron chi connectivity index (χ4n) is 1.63. The molecule has 0 saturated heterocycles. The first-order chi connectivity index (χ1) is 9.09. The van der Waals surface area contributed by atoms with E-state index in [9.17, 15) is 4.79 Å². The summed E-state index contributed by atoms with van der Waals surface area (Å²) in [6.07, 6.45) is 3.02. The van der Waals surface area contributed by atoms with Crippen molar-refractivity contribution in [2.45, 2.75) is 19.9 Å². The summed E-state index contributed by atoms with van der Waals surface area (Å²) in [5.74, 6) is -0.124. The molecular weight excluding hydrogens is 242 g/mol. The summed E-state index contributed by atoms with van der Waals surface area (Å²) in [6, 6.07) is 6.84. The topological polar surface area (TPSA) is 85.8 Å². The zero-order valence-electron chi connectivity index (χ0n) is 10.9. The maximum absolute atomic E-state index is 12.0. The van der Waals surface area contributed by atoms with Crippen LogP contribution >= 0.6 is 0 Å². The van der Waals surface area contributed by atoms with Crippen molar-refractivity contribution in [1.29, 1.82) is 0 Å². The maximum Gasteiger partial charge on any atom is 0.241 e. The number of nitrogens with one attached hydrogen (secondary N) is 1. The van der Waals surface area contributed by atoms with E-state index in [0.717, 1.165) is 5.69 Å². The normalized spacial score (nSPS) is 12.4. The van der Waals surface area contributed by atoms with Gasteiger partial charge in [-0.15, -0.1) is 0 Å². The van der Waals surface area contributed by atoms with Gasteiger partial charge in [-0.3, -0.25) is 4.79 Å². The van der Waals surface area contributed by atoms with Crippen molar-refractivity contribution in [3.63, 3.8) is 0 Å². The summed E-state index contributed by atoms with van der Waals surface area (Å²) >= 11 is 0. The Balaban J connectivity index is 2.24. The van der Waals surface area contributed by atoms with Crippen molar-refractivity contribution in [2.75, 3.05) is 5.32 Å². The highest BCUT2D eigenvalue weighted by Gasteiger charge is 2.18. The third-order valence-corrected chi connectivity index (χ3v) is 2.85. The highest BCUT2D eigenvalue weighted by atomic mass is 16.2. The average Bonchev–Trinajstić information content (AvgIpc) is 2.92. The molecule has 0 unspecified atom stereocenters. The molecule has 0 saturated carbocycles. The Bertz CT molecular complexity index is 550. The van der Waals surface area contributed by atoms with E-state index in [-0.39, 0.29) is 11.8 Å². The number of aromatic nitrogens is 3. The number of nitrogens with two attached hydrogens (primary N) is 1. The van der Waals surface area contributed by atoms with Crippen LogP contribution in [-0.4, -0.2) is 26.7 Å². The van der Waals surface area contributed by atoms with E-state index in [1.165, 1.54) is 6.33 Å². The minimum absolute atomic E-state index is 0.0820. The van der Waals surface area contributed by atoms with Crippen LogP contribution in [0.1, 0.15) is 13.8 Å². The molecule has 0 spiro atoms. The quantitative estimate of drug-likeness (QED) is 0.863. The van der Waals surface area contributed by atoms with Crippen LogP contribution in [0.15, 0.2) is 36.9 Å². The van der Waals surface area contributed by atoms with Crippen LogP contribution in [0.25, 0.3) is 5.69 Å². The van der Waals surface area contributed by atoms with Crippen LogP contribution in [-0.2, 0) is 4.79 Å². The molecule has 0 aliphatic rings. The van der Waals surface area contributed by atoms with E-state index >= 15 is 0 Å². The van der Waals surface area contributed by atoms with Crippen LogP contribution in [0.3, 0.4) is 0 Å². The Morgan fingerprint density at radius 1 is 1.37 bits per heavy atom. The van der Waals surface area contributed by atoms with E-state index < -0.39 is 6.04 Å². The monoisotopic (exact) mass is 259 g/mol. The number of hydrogen-bond donors (Lipinski definition) is 2. The Morgan fingerprint density at radius 3 is 2.74 bits per heavy atom. The molecule has 6 nitrogen and oxygen atoms in total. The number of hydrogen-bond acceptors (Lipinski definition) is 4. The van der Waals surface area contributed by atoms with E-state index in [4.69, 9.17) is 5.73 Å². The van der Waals surface area contributed by atoms with Gasteiger partial charge in [-0.05, 0) is 18.1 Å². The SMILES string of the molecule is CC(C)[C@H](N)C(=O)Nc1ccccc1-n1cncn1. The lowest BCUT2D eigenvalue weighted by molar-refractivity contribution is -0.118. The second kappa shape index (κ2) is 5.62. The first-order valence-corrected chi connectivity index (χ1v) is 6.10. The Morgan fingerprint density at radius 2 is 2.11 bits per heavy atom. The van der Waals surface area contributed by atoms with Gasteiger partial charge in [0.2, 0.25) is 5.91 Å². The third kappa shape index (κ3) is 2.97. The van der Waals surface area contributed by atoms with Crippen molar-refractivity contribution in [2.24, 2.45) is 11.7 Å². The van der Waals surface area contributed by atoms with Crippen LogP contribution in [0.2, 0.25) is 0 Å². The number of carbonyl (C=O) groups excluding carboxylic acids is 1. The number of carbonyl (C=O) groups is 1. The van der Waals surface area contributed by atoms with E-state index in [1.807, 2.05) is 38.1 Å². The van der Waals surface area contributed by atoms with Gasteiger partial charge >= 0.3 is 0 Å². The molecule has 0 aliphatic carbocycles. The zero-order valence-corrected chi connectivity index (χ0v) is 10.9. The summed E-state index contributed by atoms with van der Waals surface area (Å²) < 4.78 is 1.59. The first-order valence-electron chi connectivity index (χ1n) is 6.10. The van der Waals surface area contributed by atoms with Gasteiger partial charge in [0.25, 0.3) is 0 Å². The minimum atomic E-state index is -0.538. The molecule has 0 fully saturated rings. The summed E-state index contributed by atoms with van der Waals surface area (Å²) in [4.78, 5) is 15.9. The third-order valence-electron chi connectivity index (χ3n) is 2.85. The summed E-state index contributed by atoms with van der Waals surface area (Å²) in [7, 11) is 0. The van der Waals surface area contributed by atoms with Gasteiger partial charge in [-0.2, -0.15) is 5.10 Å². The molecule has 1 amide bonds. The second-order valence-corrected chi connectivity index (χ2v) is 4.62. The van der Waals surface area contributed by atoms with Crippen LogP contribution < -0.4 is 11.1 Å². The van der Waals surface area contributed by atoms with Crippen LogP contribution in [0.4, 0.5) is 5.69 Å². The number of para-hydroxylation sites is 2. The Hall–Kier alpha value is -2.21. The number of anilines is 1. The smallest absolute Gasteiger partial charge is 0.241 e. The molecule has 0 bridgehead atoms. The fraction of sp³-hybridized carbons (Fsp3) is 0.308. The molecule has 1 heterocycles. The number of rotatable bonds is 4. The Labute approximate surface area is 111 Å². The molecule has 100 valence electrons. The van der Waals surface area contributed by atoms with Crippen molar-refractivity contribution in [1.82, 2.24) is 14.8 Å². The van der Waals surface area contributed by atoms with Gasteiger partial charge in [-0.1, -0.05) is 26.0 Å². The minimum Gasteiger partial charge on any atom is -0.323 e. The molecule has 6 heteroatoms. The predicted octanol–water partition coefficient (Wildman–Crippen LogP) is 1.19. The Kier molecular flexibility index (Phi) is 3.91. The maximum atomic E-state index is 12.0. The van der Waals surface area contributed by atoms with Gasteiger partial charge < -0.3 is 11.1 Å². The molecule has 1 aromatic heterocycles. The summed E-state index contributed by atoms with van der Waals surface area (Å²) in [5, 5.41) is 6.88. The highest BCUT2D eigenvalue weighted by molar-refractivity contribution is 5.96. The fourth-order valence-corrected chi connectivity index (χ4v) is 1.63. The van der Waals surface area contributed by atoms with Gasteiger partial charge in [0.15, 0.2) is 0 Å². The molecule has 0 radical (unpaired) electrons. The van der Waals surface area contributed by atoms with Crippen LogP contribution in [0, 0.1) is 5.92 Å². The highest BCUT2D eigenvalue weighted by Crippen LogP contribution is 2.19. The molecule has 1 atom stereocenters. The van der Waals surface area contributed by atoms with Gasteiger partial charge in [0.1, 0.15) is 12.7 Å². The van der Waals surface area contributed by atoms with E-state index in [2.05, 4.69) is 15.4 Å². The number of benzene rings is 1. The van der Waals surface area contributed by atoms with E-state index in [0.29, 0.717) is 5.69 Å². The molecule has 2 rings (SSSR count). The van der Waals surface area contributed by atoms with Gasteiger partial charge in [0, 0.05) is 0 Å².